The third-order valence-electron chi connectivity index (χ3n) is 1.95. The molecule has 0 aliphatic heterocycles. The fourth-order valence-electron chi connectivity index (χ4n) is 1.18. The highest BCUT2D eigenvalue weighted by atomic mass is 32.1. The minimum atomic E-state index is -0.468. The van der Waals surface area contributed by atoms with Crippen molar-refractivity contribution < 1.29 is 9.53 Å². The second kappa shape index (κ2) is 4.16. The van der Waals surface area contributed by atoms with E-state index < -0.39 is 5.97 Å². The van der Waals surface area contributed by atoms with Crippen LogP contribution >= 0.6 is 12.6 Å². The second-order valence-corrected chi connectivity index (χ2v) is 3.22. The number of ether oxygens (including phenoxy) is 1. The summed E-state index contributed by atoms with van der Waals surface area (Å²) in [5.74, 6) is -0.468. The Morgan fingerprint density at radius 3 is 2.71 bits per heavy atom. The van der Waals surface area contributed by atoms with Crippen LogP contribution in [0.3, 0.4) is 0 Å². The first-order chi connectivity index (χ1) is 6.61. The van der Waals surface area contributed by atoms with Crippen molar-refractivity contribution in [2.24, 2.45) is 0 Å². The second-order valence-electron chi connectivity index (χ2n) is 2.74. The molecular formula is C10H9NO2S. The molecule has 1 aromatic rings. The number of hydrogen-bond donors (Lipinski definition) is 1. The van der Waals surface area contributed by atoms with Gasteiger partial charge in [0.25, 0.3) is 0 Å². The van der Waals surface area contributed by atoms with Crippen molar-refractivity contribution in [2.45, 2.75) is 11.8 Å². The van der Waals surface area contributed by atoms with Crippen LogP contribution in [0, 0.1) is 18.3 Å². The Kier molecular flexibility index (Phi) is 3.15. The molecule has 0 spiro atoms. The molecule has 0 heterocycles. The zero-order valence-corrected chi connectivity index (χ0v) is 8.76. The number of methoxy groups -OCH3 is 1. The molecule has 0 aliphatic rings. The number of carbonyl (C=O) groups is 1. The van der Waals surface area contributed by atoms with Crippen molar-refractivity contribution in [2.75, 3.05) is 7.11 Å². The molecule has 0 saturated heterocycles. The van der Waals surface area contributed by atoms with Gasteiger partial charge >= 0.3 is 5.97 Å². The Hall–Kier alpha value is -1.47. The van der Waals surface area contributed by atoms with Gasteiger partial charge in [0.05, 0.1) is 24.3 Å². The molecule has 72 valence electrons. The lowest BCUT2D eigenvalue weighted by molar-refractivity contribution is 0.0596. The maximum Gasteiger partial charge on any atom is 0.339 e. The van der Waals surface area contributed by atoms with Crippen molar-refractivity contribution in [1.29, 1.82) is 5.26 Å². The molecule has 0 amide bonds. The normalized spacial score (nSPS) is 9.29. The average molecular weight is 207 g/mol. The van der Waals surface area contributed by atoms with Gasteiger partial charge in [-0.2, -0.15) is 5.26 Å². The van der Waals surface area contributed by atoms with Gasteiger partial charge in [0, 0.05) is 4.90 Å². The van der Waals surface area contributed by atoms with Crippen LogP contribution in [-0.4, -0.2) is 13.1 Å². The van der Waals surface area contributed by atoms with Crippen molar-refractivity contribution in [1.82, 2.24) is 0 Å². The summed E-state index contributed by atoms with van der Waals surface area (Å²) in [5, 5.41) is 8.76. The van der Waals surface area contributed by atoms with E-state index in [0.29, 0.717) is 21.6 Å². The largest absolute Gasteiger partial charge is 0.465 e. The van der Waals surface area contributed by atoms with Gasteiger partial charge in [-0.15, -0.1) is 12.6 Å². The lowest BCUT2D eigenvalue weighted by atomic mass is 10.0. The SMILES string of the molecule is COC(=O)c1c(S)ccc(C#N)c1C. The zero-order valence-electron chi connectivity index (χ0n) is 7.87. The lowest BCUT2D eigenvalue weighted by Crippen LogP contribution is -2.06. The third-order valence-corrected chi connectivity index (χ3v) is 2.33. The summed E-state index contributed by atoms with van der Waals surface area (Å²) >= 11 is 4.14. The fraction of sp³-hybridized carbons (Fsp3) is 0.200. The first-order valence-electron chi connectivity index (χ1n) is 3.92. The van der Waals surface area contributed by atoms with Crippen LogP contribution < -0.4 is 0 Å². The smallest absolute Gasteiger partial charge is 0.339 e. The van der Waals surface area contributed by atoms with Crippen molar-refractivity contribution in [3.05, 3.63) is 28.8 Å². The van der Waals surface area contributed by atoms with Gasteiger partial charge < -0.3 is 4.74 Å². The van der Waals surface area contributed by atoms with Crippen LogP contribution in [0.2, 0.25) is 0 Å². The molecule has 0 radical (unpaired) electrons. The van der Waals surface area contributed by atoms with E-state index in [1.807, 2.05) is 6.07 Å². The number of thiol groups is 1. The van der Waals surface area contributed by atoms with Crippen molar-refractivity contribution in [3.8, 4) is 6.07 Å². The molecule has 0 unspecified atom stereocenters. The molecule has 1 rings (SSSR count). The van der Waals surface area contributed by atoms with Crippen LogP contribution in [0.15, 0.2) is 17.0 Å². The first-order valence-corrected chi connectivity index (χ1v) is 4.37. The fourth-order valence-corrected chi connectivity index (χ4v) is 1.51. The molecule has 4 heteroatoms. The molecule has 14 heavy (non-hydrogen) atoms. The summed E-state index contributed by atoms with van der Waals surface area (Å²) in [4.78, 5) is 11.9. The van der Waals surface area contributed by atoms with Crippen LogP contribution in [0.1, 0.15) is 21.5 Å². The minimum absolute atomic E-state index is 0.356. The number of nitriles is 1. The van der Waals surface area contributed by atoms with E-state index in [0.717, 1.165) is 0 Å². The predicted molar refractivity (Wildman–Crippen MR) is 54.5 cm³/mol. The molecule has 1 aromatic carbocycles. The van der Waals surface area contributed by atoms with Gasteiger partial charge in [-0.25, -0.2) is 4.79 Å². The number of rotatable bonds is 1. The highest BCUT2D eigenvalue weighted by Gasteiger charge is 2.15. The van der Waals surface area contributed by atoms with Gasteiger partial charge in [-0.1, -0.05) is 0 Å². The van der Waals surface area contributed by atoms with E-state index in [4.69, 9.17) is 5.26 Å². The Balaban J connectivity index is 3.42. The van der Waals surface area contributed by atoms with E-state index in [1.54, 1.807) is 19.1 Å². The Morgan fingerprint density at radius 2 is 2.21 bits per heavy atom. The van der Waals surface area contributed by atoms with Gasteiger partial charge in [0.15, 0.2) is 0 Å². The highest BCUT2D eigenvalue weighted by Crippen LogP contribution is 2.21. The first kappa shape index (κ1) is 10.6. The molecule has 0 atom stereocenters. The monoisotopic (exact) mass is 207 g/mol. The maximum absolute atomic E-state index is 11.3. The summed E-state index contributed by atoms with van der Waals surface area (Å²) in [6, 6.07) is 5.24. The quantitative estimate of drug-likeness (QED) is 0.565. The highest BCUT2D eigenvalue weighted by molar-refractivity contribution is 7.80. The maximum atomic E-state index is 11.3. The Bertz CT molecular complexity index is 421. The minimum Gasteiger partial charge on any atom is -0.465 e. The number of hydrogen-bond acceptors (Lipinski definition) is 4. The van der Waals surface area contributed by atoms with Gasteiger partial charge in [-0.3, -0.25) is 0 Å². The zero-order chi connectivity index (χ0) is 10.7. The van der Waals surface area contributed by atoms with Gasteiger partial charge in [0.2, 0.25) is 0 Å². The number of esters is 1. The number of nitrogens with zero attached hydrogens (tertiary/aromatic N) is 1. The standard InChI is InChI=1S/C10H9NO2S/c1-6-7(5-11)3-4-8(14)9(6)10(12)13-2/h3-4,14H,1-2H3. The van der Waals surface area contributed by atoms with E-state index in [-0.39, 0.29) is 0 Å². The topological polar surface area (TPSA) is 50.1 Å². The van der Waals surface area contributed by atoms with Crippen molar-refractivity contribution >= 4 is 18.6 Å². The van der Waals surface area contributed by atoms with E-state index in [1.165, 1.54) is 7.11 Å². The van der Waals surface area contributed by atoms with E-state index in [2.05, 4.69) is 17.4 Å². The molecule has 3 nitrogen and oxygen atoms in total. The summed E-state index contributed by atoms with van der Waals surface area (Å²) in [7, 11) is 1.30. The van der Waals surface area contributed by atoms with Crippen LogP contribution in [0.5, 0.6) is 0 Å². The molecule has 0 bridgehead atoms. The van der Waals surface area contributed by atoms with Gasteiger partial charge in [-0.05, 0) is 24.6 Å². The van der Waals surface area contributed by atoms with Crippen molar-refractivity contribution in [3.63, 3.8) is 0 Å². The summed E-state index contributed by atoms with van der Waals surface area (Å²) in [5.41, 5.74) is 1.42. The van der Waals surface area contributed by atoms with Gasteiger partial charge in [0.1, 0.15) is 0 Å². The Morgan fingerprint density at radius 1 is 1.57 bits per heavy atom. The summed E-state index contributed by atoms with van der Waals surface area (Å²) < 4.78 is 4.60. The lowest BCUT2D eigenvalue weighted by Gasteiger charge is -2.07. The number of carbonyl (C=O) groups excluding carboxylic acids is 1. The van der Waals surface area contributed by atoms with E-state index >= 15 is 0 Å². The number of benzene rings is 1. The molecule has 0 aliphatic carbocycles. The van der Waals surface area contributed by atoms with Crippen LogP contribution in [-0.2, 0) is 4.74 Å². The van der Waals surface area contributed by atoms with Crippen LogP contribution in [0.25, 0.3) is 0 Å². The third kappa shape index (κ3) is 1.73. The average Bonchev–Trinajstić information content (AvgIpc) is 2.18. The summed E-state index contributed by atoms with van der Waals surface area (Å²) in [6.07, 6.45) is 0. The molecule has 0 fully saturated rings. The summed E-state index contributed by atoms with van der Waals surface area (Å²) in [6.45, 7) is 1.70. The predicted octanol–water partition coefficient (Wildman–Crippen LogP) is 1.94. The van der Waals surface area contributed by atoms with Crippen LogP contribution in [0.4, 0.5) is 0 Å². The van der Waals surface area contributed by atoms with E-state index in [9.17, 15) is 4.79 Å². The molecular weight excluding hydrogens is 198 g/mol. The Labute approximate surface area is 87.7 Å². The molecule has 0 saturated carbocycles. The molecule has 0 N–H and O–H groups in total. The molecule has 0 aromatic heterocycles.